The van der Waals surface area contributed by atoms with Gasteiger partial charge in [0, 0.05) is 17.3 Å². The molecule has 0 bridgehead atoms. The van der Waals surface area contributed by atoms with Gasteiger partial charge in [-0.25, -0.2) is 13.1 Å². The van der Waals surface area contributed by atoms with Crippen LogP contribution in [0, 0.1) is 5.92 Å². The molecular formula is C17H22N2O3S. The van der Waals surface area contributed by atoms with Crippen molar-refractivity contribution in [1.82, 2.24) is 10.0 Å². The van der Waals surface area contributed by atoms with Gasteiger partial charge in [0.25, 0.3) is 0 Å². The molecule has 124 valence electrons. The fourth-order valence-corrected chi connectivity index (χ4v) is 4.35. The summed E-state index contributed by atoms with van der Waals surface area (Å²) in [7, 11) is -1.94. The van der Waals surface area contributed by atoms with Crippen LogP contribution in [0.5, 0.6) is 5.75 Å². The molecule has 23 heavy (non-hydrogen) atoms. The van der Waals surface area contributed by atoms with Crippen LogP contribution in [0.4, 0.5) is 0 Å². The van der Waals surface area contributed by atoms with Crippen LogP contribution < -0.4 is 14.8 Å². The summed E-state index contributed by atoms with van der Waals surface area (Å²) < 4.78 is 33.4. The Morgan fingerprint density at radius 1 is 1.22 bits per heavy atom. The Bertz CT molecular complexity index is 784. The molecule has 1 heterocycles. The van der Waals surface area contributed by atoms with E-state index in [2.05, 4.69) is 10.0 Å². The van der Waals surface area contributed by atoms with E-state index in [9.17, 15) is 8.42 Å². The predicted octanol–water partition coefficient (Wildman–Crippen LogP) is 2.13. The SMILES string of the molecule is COc1ccc(S(=O)(=O)NCCC2CCNC2)c2ccccc12. The second-order valence-electron chi connectivity index (χ2n) is 5.86. The highest BCUT2D eigenvalue weighted by atomic mass is 32.2. The smallest absolute Gasteiger partial charge is 0.241 e. The predicted molar refractivity (Wildman–Crippen MR) is 91.3 cm³/mol. The lowest BCUT2D eigenvalue weighted by Gasteiger charge is -2.13. The van der Waals surface area contributed by atoms with Crippen LogP contribution in [0.15, 0.2) is 41.3 Å². The van der Waals surface area contributed by atoms with Crippen molar-refractivity contribution in [2.45, 2.75) is 17.7 Å². The van der Waals surface area contributed by atoms with Crippen molar-refractivity contribution in [3.05, 3.63) is 36.4 Å². The summed E-state index contributed by atoms with van der Waals surface area (Å²) in [5.74, 6) is 1.24. The average Bonchev–Trinajstić information content (AvgIpc) is 3.07. The summed E-state index contributed by atoms with van der Waals surface area (Å²) in [6.07, 6.45) is 1.98. The fraction of sp³-hybridized carbons (Fsp3) is 0.412. The molecule has 1 aliphatic rings. The highest BCUT2D eigenvalue weighted by molar-refractivity contribution is 7.89. The van der Waals surface area contributed by atoms with Gasteiger partial charge in [-0.3, -0.25) is 0 Å². The summed E-state index contributed by atoms with van der Waals surface area (Å²) in [6, 6.07) is 10.7. The van der Waals surface area contributed by atoms with Gasteiger partial charge < -0.3 is 10.1 Å². The molecule has 0 aromatic heterocycles. The quantitative estimate of drug-likeness (QED) is 0.849. The molecule has 2 aromatic rings. The Balaban J connectivity index is 1.83. The molecule has 0 spiro atoms. The van der Waals surface area contributed by atoms with E-state index in [4.69, 9.17) is 4.74 Å². The van der Waals surface area contributed by atoms with Crippen LogP contribution in [0.1, 0.15) is 12.8 Å². The normalized spacial score (nSPS) is 18.4. The first-order valence-electron chi connectivity index (χ1n) is 7.88. The number of sulfonamides is 1. The first kappa shape index (κ1) is 16.2. The number of nitrogens with one attached hydrogen (secondary N) is 2. The minimum absolute atomic E-state index is 0.304. The zero-order chi connectivity index (χ0) is 16.3. The van der Waals surface area contributed by atoms with Gasteiger partial charge in [-0.05, 0) is 44.0 Å². The topological polar surface area (TPSA) is 67.4 Å². The van der Waals surface area contributed by atoms with Crippen LogP contribution in [0.25, 0.3) is 10.8 Å². The minimum atomic E-state index is -3.53. The molecule has 1 aliphatic heterocycles. The van der Waals surface area contributed by atoms with Crippen LogP contribution in [-0.4, -0.2) is 35.2 Å². The standard InChI is InChI=1S/C17H22N2O3S/c1-22-16-6-7-17(15-5-3-2-4-14(15)16)23(20,21)19-11-9-13-8-10-18-12-13/h2-7,13,18-19H,8-12H2,1H3. The van der Waals surface area contributed by atoms with Gasteiger partial charge in [0.2, 0.25) is 10.0 Å². The second kappa shape index (κ2) is 6.86. The highest BCUT2D eigenvalue weighted by Crippen LogP contribution is 2.30. The monoisotopic (exact) mass is 334 g/mol. The van der Waals surface area contributed by atoms with Gasteiger partial charge in [-0.2, -0.15) is 0 Å². The summed E-state index contributed by atoms with van der Waals surface area (Å²) in [5.41, 5.74) is 0. The largest absolute Gasteiger partial charge is 0.496 e. The number of hydrogen-bond acceptors (Lipinski definition) is 4. The number of methoxy groups -OCH3 is 1. The lowest BCUT2D eigenvalue weighted by molar-refractivity contribution is 0.419. The van der Waals surface area contributed by atoms with Crippen LogP contribution in [0.2, 0.25) is 0 Å². The van der Waals surface area contributed by atoms with E-state index in [0.29, 0.717) is 28.5 Å². The van der Waals surface area contributed by atoms with Gasteiger partial charge in [0.1, 0.15) is 5.75 Å². The lowest BCUT2D eigenvalue weighted by Crippen LogP contribution is -2.26. The van der Waals surface area contributed by atoms with Gasteiger partial charge in [-0.15, -0.1) is 0 Å². The molecule has 0 amide bonds. The zero-order valence-electron chi connectivity index (χ0n) is 13.2. The van der Waals surface area contributed by atoms with Crippen LogP contribution >= 0.6 is 0 Å². The molecule has 5 nitrogen and oxygen atoms in total. The van der Waals surface area contributed by atoms with Crippen LogP contribution in [0.3, 0.4) is 0 Å². The molecule has 1 atom stereocenters. The first-order valence-corrected chi connectivity index (χ1v) is 9.36. The fourth-order valence-electron chi connectivity index (χ4n) is 3.09. The average molecular weight is 334 g/mol. The third-order valence-electron chi connectivity index (χ3n) is 4.36. The number of benzene rings is 2. The molecule has 1 unspecified atom stereocenters. The van der Waals surface area contributed by atoms with Crippen molar-refractivity contribution >= 4 is 20.8 Å². The first-order chi connectivity index (χ1) is 11.1. The van der Waals surface area contributed by atoms with Gasteiger partial charge in [0.15, 0.2) is 0 Å². The van der Waals surface area contributed by atoms with Crippen molar-refractivity contribution in [3.63, 3.8) is 0 Å². The molecule has 6 heteroatoms. The van der Waals surface area contributed by atoms with Crippen LogP contribution in [-0.2, 0) is 10.0 Å². The van der Waals surface area contributed by atoms with E-state index in [1.54, 1.807) is 19.2 Å². The molecule has 3 rings (SSSR count). The Morgan fingerprint density at radius 3 is 2.70 bits per heavy atom. The Morgan fingerprint density at radius 2 is 2.00 bits per heavy atom. The number of ether oxygens (including phenoxy) is 1. The van der Waals surface area contributed by atoms with E-state index >= 15 is 0 Å². The number of rotatable bonds is 6. The second-order valence-corrected chi connectivity index (χ2v) is 7.59. The molecule has 0 radical (unpaired) electrons. The van der Waals surface area contributed by atoms with Crippen molar-refractivity contribution in [3.8, 4) is 5.75 Å². The molecule has 0 saturated carbocycles. The Hall–Kier alpha value is -1.63. The maximum atomic E-state index is 12.7. The maximum Gasteiger partial charge on any atom is 0.241 e. The lowest BCUT2D eigenvalue weighted by atomic mass is 10.1. The highest BCUT2D eigenvalue weighted by Gasteiger charge is 2.20. The van der Waals surface area contributed by atoms with E-state index in [0.717, 1.165) is 31.3 Å². The van der Waals surface area contributed by atoms with Crippen molar-refractivity contribution < 1.29 is 13.2 Å². The number of hydrogen-bond donors (Lipinski definition) is 2. The van der Waals surface area contributed by atoms with E-state index in [1.807, 2.05) is 24.3 Å². The summed E-state index contributed by atoms with van der Waals surface area (Å²) in [4.78, 5) is 0.304. The molecule has 1 fully saturated rings. The molecule has 1 saturated heterocycles. The van der Waals surface area contributed by atoms with Crippen molar-refractivity contribution in [1.29, 1.82) is 0 Å². The van der Waals surface area contributed by atoms with Crippen molar-refractivity contribution in [2.75, 3.05) is 26.7 Å². The zero-order valence-corrected chi connectivity index (χ0v) is 14.0. The van der Waals surface area contributed by atoms with Gasteiger partial charge in [0.05, 0.1) is 12.0 Å². The van der Waals surface area contributed by atoms with Gasteiger partial charge in [-0.1, -0.05) is 24.3 Å². The summed E-state index contributed by atoms with van der Waals surface area (Å²) in [5, 5.41) is 4.78. The van der Waals surface area contributed by atoms with Gasteiger partial charge >= 0.3 is 0 Å². The van der Waals surface area contributed by atoms with E-state index in [1.165, 1.54) is 0 Å². The van der Waals surface area contributed by atoms with E-state index < -0.39 is 10.0 Å². The minimum Gasteiger partial charge on any atom is -0.496 e. The third-order valence-corrected chi connectivity index (χ3v) is 5.88. The summed E-state index contributed by atoms with van der Waals surface area (Å²) in [6.45, 7) is 2.47. The summed E-state index contributed by atoms with van der Waals surface area (Å²) >= 11 is 0. The molecular weight excluding hydrogens is 312 g/mol. The molecule has 0 aliphatic carbocycles. The Labute approximate surface area is 137 Å². The molecule has 2 N–H and O–H groups in total. The number of fused-ring (bicyclic) bond motifs is 1. The Kier molecular flexibility index (Phi) is 4.84. The maximum absolute atomic E-state index is 12.7. The molecule has 2 aromatic carbocycles. The van der Waals surface area contributed by atoms with Crippen molar-refractivity contribution in [2.24, 2.45) is 5.92 Å². The third kappa shape index (κ3) is 3.49. The van der Waals surface area contributed by atoms with E-state index in [-0.39, 0.29) is 0 Å².